The standard InChI is InChI=1S/C18H26FNO2/c1-3-17(4-2,10-11-21)13-20-16(22)18(8-9-18)14-6-5-7-15(19)12-14/h5-7,12,21H,3-4,8-11,13H2,1-2H3,(H,20,22). The summed E-state index contributed by atoms with van der Waals surface area (Å²) >= 11 is 0. The number of nitrogens with one attached hydrogen (secondary N) is 1. The predicted octanol–water partition coefficient (Wildman–Crippen LogP) is 3.16. The van der Waals surface area contributed by atoms with Crippen molar-refractivity contribution in [2.75, 3.05) is 13.2 Å². The maximum absolute atomic E-state index is 13.4. The number of hydrogen-bond donors (Lipinski definition) is 2. The van der Waals surface area contributed by atoms with Crippen LogP contribution in [0.4, 0.5) is 4.39 Å². The molecule has 1 saturated carbocycles. The highest BCUT2D eigenvalue weighted by Gasteiger charge is 2.51. The average molecular weight is 307 g/mol. The molecule has 2 N–H and O–H groups in total. The van der Waals surface area contributed by atoms with Crippen molar-refractivity contribution in [3.05, 3.63) is 35.6 Å². The summed E-state index contributed by atoms with van der Waals surface area (Å²) < 4.78 is 13.4. The van der Waals surface area contributed by atoms with Gasteiger partial charge in [-0.1, -0.05) is 26.0 Å². The SMILES string of the molecule is CCC(CC)(CCO)CNC(=O)C1(c2cccc(F)c2)CC1. The fraction of sp³-hybridized carbons (Fsp3) is 0.611. The van der Waals surface area contributed by atoms with Crippen LogP contribution in [0.5, 0.6) is 0 Å². The highest BCUT2D eigenvalue weighted by Crippen LogP contribution is 2.48. The lowest BCUT2D eigenvalue weighted by Crippen LogP contribution is -2.42. The molecule has 1 aliphatic carbocycles. The topological polar surface area (TPSA) is 49.3 Å². The van der Waals surface area contributed by atoms with Gasteiger partial charge in [0.1, 0.15) is 5.82 Å². The van der Waals surface area contributed by atoms with Gasteiger partial charge in [0.25, 0.3) is 0 Å². The smallest absolute Gasteiger partial charge is 0.230 e. The molecule has 0 bridgehead atoms. The Morgan fingerprint density at radius 2 is 2.05 bits per heavy atom. The van der Waals surface area contributed by atoms with E-state index in [4.69, 9.17) is 0 Å². The van der Waals surface area contributed by atoms with E-state index in [0.717, 1.165) is 31.2 Å². The number of carbonyl (C=O) groups excluding carboxylic acids is 1. The molecule has 0 aromatic heterocycles. The van der Waals surface area contributed by atoms with Crippen molar-refractivity contribution in [1.29, 1.82) is 0 Å². The molecule has 1 aliphatic rings. The first kappa shape index (κ1) is 16.9. The first-order valence-electron chi connectivity index (χ1n) is 8.17. The van der Waals surface area contributed by atoms with Crippen LogP contribution in [0, 0.1) is 11.2 Å². The van der Waals surface area contributed by atoms with E-state index in [1.165, 1.54) is 12.1 Å². The molecule has 0 spiro atoms. The molecule has 0 aliphatic heterocycles. The Morgan fingerprint density at radius 3 is 2.55 bits per heavy atom. The average Bonchev–Trinajstić information content (AvgIpc) is 3.33. The van der Waals surface area contributed by atoms with Crippen LogP contribution in [0.1, 0.15) is 51.5 Å². The summed E-state index contributed by atoms with van der Waals surface area (Å²) in [6.07, 6.45) is 4.06. The van der Waals surface area contributed by atoms with Gasteiger partial charge in [-0.25, -0.2) is 4.39 Å². The molecule has 0 radical (unpaired) electrons. The quantitative estimate of drug-likeness (QED) is 0.775. The zero-order chi connectivity index (χ0) is 16.2. The lowest BCUT2D eigenvalue weighted by molar-refractivity contribution is -0.124. The Bertz CT molecular complexity index is 522. The first-order chi connectivity index (χ1) is 10.5. The van der Waals surface area contributed by atoms with Crippen molar-refractivity contribution in [2.24, 2.45) is 5.41 Å². The minimum Gasteiger partial charge on any atom is -0.396 e. The van der Waals surface area contributed by atoms with Crippen molar-refractivity contribution in [1.82, 2.24) is 5.32 Å². The molecule has 2 rings (SSSR count). The zero-order valence-electron chi connectivity index (χ0n) is 13.5. The third kappa shape index (κ3) is 3.32. The van der Waals surface area contributed by atoms with E-state index in [-0.39, 0.29) is 23.7 Å². The van der Waals surface area contributed by atoms with Crippen LogP contribution >= 0.6 is 0 Å². The van der Waals surface area contributed by atoms with E-state index in [1.807, 2.05) is 6.07 Å². The van der Waals surface area contributed by atoms with E-state index >= 15 is 0 Å². The second-order valence-corrected chi connectivity index (χ2v) is 6.46. The molecule has 0 atom stereocenters. The minimum absolute atomic E-state index is 0.0117. The Kier molecular flexibility index (Phi) is 5.22. The van der Waals surface area contributed by atoms with Gasteiger partial charge in [0.05, 0.1) is 5.41 Å². The molecule has 0 heterocycles. The lowest BCUT2D eigenvalue weighted by Gasteiger charge is -2.32. The van der Waals surface area contributed by atoms with Crippen LogP contribution in [-0.4, -0.2) is 24.2 Å². The van der Waals surface area contributed by atoms with Gasteiger partial charge in [-0.2, -0.15) is 0 Å². The Hall–Kier alpha value is -1.42. The maximum atomic E-state index is 13.4. The lowest BCUT2D eigenvalue weighted by atomic mass is 9.79. The molecule has 1 aromatic rings. The first-order valence-corrected chi connectivity index (χ1v) is 8.17. The molecule has 0 unspecified atom stereocenters. The molecule has 1 amide bonds. The van der Waals surface area contributed by atoms with E-state index in [1.54, 1.807) is 6.07 Å². The van der Waals surface area contributed by atoms with Crippen molar-refractivity contribution in [3.63, 3.8) is 0 Å². The predicted molar refractivity (Wildman–Crippen MR) is 85.0 cm³/mol. The molecule has 1 aromatic carbocycles. The fourth-order valence-corrected chi connectivity index (χ4v) is 3.17. The molecule has 3 nitrogen and oxygen atoms in total. The largest absolute Gasteiger partial charge is 0.396 e. The zero-order valence-corrected chi connectivity index (χ0v) is 13.5. The summed E-state index contributed by atoms with van der Waals surface area (Å²) in [6, 6.07) is 6.35. The monoisotopic (exact) mass is 307 g/mol. The summed E-state index contributed by atoms with van der Waals surface area (Å²) in [5.74, 6) is -0.310. The van der Waals surface area contributed by atoms with Crippen molar-refractivity contribution in [2.45, 2.75) is 51.4 Å². The molecule has 4 heteroatoms. The van der Waals surface area contributed by atoms with Crippen LogP contribution < -0.4 is 5.32 Å². The van der Waals surface area contributed by atoms with Crippen molar-refractivity contribution >= 4 is 5.91 Å². The number of amides is 1. The van der Waals surface area contributed by atoms with Gasteiger partial charge in [0.2, 0.25) is 5.91 Å². The third-order valence-electron chi connectivity index (χ3n) is 5.33. The highest BCUT2D eigenvalue weighted by molar-refractivity contribution is 5.91. The third-order valence-corrected chi connectivity index (χ3v) is 5.33. The number of benzene rings is 1. The molecular formula is C18H26FNO2. The van der Waals surface area contributed by atoms with Gasteiger partial charge in [-0.15, -0.1) is 0 Å². The molecule has 1 fully saturated rings. The second kappa shape index (κ2) is 6.78. The molecule has 0 saturated heterocycles. The van der Waals surface area contributed by atoms with Gasteiger partial charge in [-0.05, 0) is 55.2 Å². The summed E-state index contributed by atoms with van der Waals surface area (Å²) in [5.41, 5.74) is 0.169. The van der Waals surface area contributed by atoms with Crippen LogP contribution in [0.25, 0.3) is 0 Å². The number of carbonyl (C=O) groups is 1. The van der Waals surface area contributed by atoms with Crippen LogP contribution in [-0.2, 0) is 10.2 Å². The Morgan fingerprint density at radius 1 is 1.36 bits per heavy atom. The van der Waals surface area contributed by atoms with Gasteiger partial charge in [0.15, 0.2) is 0 Å². The number of aliphatic hydroxyl groups excluding tert-OH is 1. The Balaban J connectivity index is 2.06. The normalized spacial score (nSPS) is 16.4. The van der Waals surface area contributed by atoms with Crippen LogP contribution in [0.3, 0.4) is 0 Å². The van der Waals surface area contributed by atoms with Crippen molar-refractivity contribution in [3.8, 4) is 0 Å². The Labute approximate surface area is 131 Å². The maximum Gasteiger partial charge on any atom is 0.230 e. The molecule has 22 heavy (non-hydrogen) atoms. The summed E-state index contributed by atoms with van der Waals surface area (Å²) in [6.45, 7) is 4.87. The van der Waals surface area contributed by atoms with Gasteiger partial charge in [0, 0.05) is 13.2 Å². The van der Waals surface area contributed by atoms with Crippen LogP contribution in [0.15, 0.2) is 24.3 Å². The van der Waals surface area contributed by atoms with E-state index in [0.29, 0.717) is 13.0 Å². The van der Waals surface area contributed by atoms with Gasteiger partial charge < -0.3 is 10.4 Å². The van der Waals surface area contributed by atoms with Crippen molar-refractivity contribution < 1.29 is 14.3 Å². The molecule has 122 valence electrons. The van der Waals surface area contributed by atoms with Gasteiger partial charge >= 0.3 is 0 Å². The van der Waals surface area contributed by atoms with E-state index < -0.39 is 5.41 Å². The fourth-order valence-electron chi connectivity index (χ4n) is 3.17. The van der Waals surface area contributed by atoms with E-state index in [9.17, 15) is 14.3 Å². The van der Waals surface area contributed by atoms with E-state index in [2.05, 4.69) is 19.2 Å². The number of rotatable bonds is 8. The number of hydrogen-bond acceptors (Lipinski definition) is 2. The molecular weight excluding hydrogens is 281 g/mol. The summed E-state index contributed by atoms with van der Waals surface area (Å²) in [4.78, 5) is 12.6. The number of aliphatic hydroxyl groups is 1. The van der Waals surface area contributed by atoms with Gasteiger partial charge in [-0.3, -0.25) is 4.79 Å². The highest BCUT2D eigenvalue weighted by atomic mass is 19.1. The summed E-state index contributed by atoms with van der Waals surface area (Å²) in [7, 11) is 0. The second-order valence-electron chi connectivity index (χ2n) is 6.46. The van der Waals surface area contributed by atoms with Crippen LogP contribution in [0.2, 0.25) is 0 Å². The number of halogens is 1. The minimum atomic E-state index is -0.547. The summed E-state index contributed by atoms with van der Waals surface area (Å²) in [5, 5.41) is 12.3.